The van der Waals surface area contributed by atoms with E-state index in [4.69, 9.17) is 14.6 Å². The number of rotatable bonds is 6. The summed E-state index contributed by atoms with van der Waals surface area (Å²) in [6.07, 6.45) is 2.69. The molecule has 0 aliphatic carbocycles. The maximum Gasteiger partial charge on any atom is 0.243 e. The van der Waals surface area contributed by atoms with Crippen LogP contribution in [0.4, 0.5) is 0 Å². The molecule has 1 saturated heterocycles. The van der Waals surface area contributed by atoms with Gasteiger partial charge in [-0.05, 0) is 31.0 Å². The highest BCUT2D eigenvalue weighted by Crippen LogP contribution is 2.30. The van der Waals surface area contributed by atoms with Gasteiger partial charge in [0.15, 0.2) is 11.5 Å². The number of likely N-dealkylation sites (tertiary alicyclic amines) is 1. The van der Waals surface area contributed by atoms with E-state index in [9.17, 15) is 9.59 Å². The SMILES string of the molecule is COc1ccc(C2=NN(C3CCN(CC(=O)N(C)C)CC3)C(=O)CC2)cc1OC. The summed E-state index contributed by atoms with van der Waals surface area (Å²) in [6, 6.07) is 5.78. The molecule has 0 radical (unpaired) electrons. The van der Waals surface area contributed by atoms with Gasteiger partial charge in [-0.2, -0.15) is 5.10 Å². The summed E-state index contributed by atoms with van der Waals surface area (Å²) in [5.74, 6) is 1.48. The molecule has 2 aliphatic heterocycles. The summed E-state index contributed by atoms with van der Waals surface area (Å²) >= 11 is 0. The smallest absolute Gasteiger partial charge is 0.243 e. The van der Waals surface area contributed by atoms with Gasteiger partial charge in [0.2, 0.25) is 11.8 Å². The average molecular weight is 402 g/mol. The van der Waals surface area contributed by atoms with E-state index in [1.165, 1.54) is 0 Å². The van der Waals surface area contributed by atoms with Crippen LogP contribution in [0.3, 0.4) is 0 Å². The van der Waals surface area contributed by atoms with Gasteiger partial charge >= 0.3 is 0 Å². The molecule has 8 nitrogen and oxygen atoms in total. The molecule has 8 heteroatoms. The number of carbonyl (C=O) groups is 2. The largest absolute Gasteiger partial charge is 0.493 e. The van der Waals surface area contributed by atoms with E-state index in [2.05, 4.69) is 4.90 Å². The number of hydrazone groups is 1. The lowest BCUT2D eigenvalue weighted by atomic mass is 10.0. The van der Waals surface area contributed by atoms with E-state index < -0.39 is 0 Å². The first kappa shape index (κ1) is 21.1. The van der Waals surface area contributed by atoms with Gasteiger partial charge in [-0.3, -0.25) is 14.5 Å². The quantitative estimate of drug-likeness (QED) is 0.722. The summed E-state index contributed by atoms with van der Waals surface area (Å²) in [5, 5.41) is 6.38. The van der Waals surface area contributed by atoms with E-state index in [0.29, 0.717) is 30.9 Å². The van der Waals surface area contributed by atoms with Crippen LogP contribution < -0.4 is 9.47 Å². The summed E-state index contributed by atoms with van der Waals surface area (Å²) in [4.78, 5) is 28.2. The molecule has 3 rings (SSSR count). The zero-order valence-corrected chi connectivity index (χ0v) is 17.7. The standard InChI is InChI=1S/C21H30N4O4/c1-23(2)21(27)14-24-11-9-16(10-12-24)25-20(26)8-6-17(22-25)15-5-7-18(28-3)19(13-15)29-4/h5,7,13,16H,6,8-12,14H2,1-4H3. The highest BCUT2D eigenvalue weighted by molar-refractivity contribution is 6.04. The molecule has 1 aromatic carbocycles. The second kappa shape index (κ2) is 9.26. The third-order valence-corrected chi connectivity index (χ3v) is 5.54. The lowest BCUT2D eigenvalue weighted by Gasteiger charge is -2.37. The predicted molar refractivity (Wildman–Crippen MR) is 110 cm³/mol. The maximum absolute atomic E-state index is 12.5. The molecule has 2 amide bonds. The Kier molecular flexibility index (Phi) is 6.74. The van der Waals surface area contributed by atoms with Crippen LogP contribution in [0.1, 0.15) is 31.2 Å². The number of hydrogen-bond acceptors (Lipinski definition) is 6. The van der Waals surface area contributed by atoms with Crippen molar-refractivity contribution >= 4 is 17.5 Å². The molecule has 2 heterocycles. The fraction of sp³-hybridized carbons (Fsp3) is 0.571. The van der Waals surface area contributed by atoms with Crippen molar-refractivity contribution in [2.75, 3.05) is 47.9 Å². The van der Waals surface area contributed by atoms with Crippen LogP contribution in [0, 0.1) is 0 Å². The van der Waals surface area contributed by atoms with E-state index in [1.807, 2.05) is 18.2 Å². The molecule has 29 heavy (non-hydrogen) atoms. The molecule has 158 valence electrons. The van der Waals surface area contributed by atoms with Crippen molar-refractivity contribution in [2.45, 2.75) is 31.7 Å². The van der Waals surface area contributed by atoms with E-state index in [-0.39, 0.29) is 17.9 Å². The monoisotopic (exact) mass is 402 g/mol. The molecule has 0 atom stereocenters. The molecule has 0 spiro atoms. The summed E-state index contributed by atoms with van der Waals surface area (Å²) < 4.78 is 10.7. The first-order chi connectivity index (χ1) is 13.9. The molecule has 0 N–H and O–H groups in total. The summed E-state index contributed by atoms with van der Waals surface area (Å²) in [5.41, 5.74) is 1.82. The number of carbonyl (C=O) groups excluding carboxylic acids is 2. The van der Waals surface area contributed by atoms with Gasteiger partial charge in [-0.1, -0.05) is 0 Å². The molecular formula is C21H30N4O4. The van der Waals surface area contributed by atoms with Crippen molar-refractivity contribution < 1.29 is 19.1 Å². The number of benzene rings is 1. The van der Waals surface area contributed by atoms with Crippen LogP contribution in [0.5, 0.6) is 11.5 Å². The Hall–Kier alpha value is -2.61. The predicted octanol–water partition coefficient (Wildman–Crippen LogP) is 1.58. The fourth-order valence-corrected chi connectivity index (χ4v) is 3.73. The number of ether oxygens (including phenoxy) is 2. The fourth-order valence-electron chi connectivity index (χ4n) is 3.73. The number of methoxy groups -OCH3 is 2. The molecule has 0 saturated carbocycles. The van der Waals surface area contributed by atoms with Crippen LogP contribution in [-0.4, -0.2) is 86.3 Å². The lowest BCUT2D eigenvalue weighted by Crippen LogP contribution is -2.48. The van der Waals surface area contributed by atoms with Gasteiger partial charge in [0, 0.05) is 45.6 Å². The molecule has 0 aromatic heterocycles. The number of piperidine rings is 1. The molecule has 2 aliphatic rings. The van der Waals surface area contributed by atoms with Crippen molar-refractivity contribution in [1.29, 1.82) is 0 Å². The molecule has 0 bridgehead atoms. The normalized spacial score (nSPS) is 18.4. The van der Waals surface area contributed by atoms with E-state index in [0.717, 1.165) is 37.2 Å². The van der Waals surface area contributed by atoms with Crippen LogP contribution in [0.15, 0.2) is 23.3 Å². The van der Waals surface area contributed by atoms with Crippen LogP contribution in [-0.2, 0) is 9.59 Å². The zero-order chi connectivity index (χ0) is 21.0. The van der Waals surface area contributed by atoms with Gasteiger partial charge in [-0.15, -0.1) is 0 Å². The highest BCUT2D eigenvalue weighted by atomic mass is 16.5. The Morgan fingerprint density at radius 2 is 1.83 bits per heavy atom. The number of hydrogen-bond donors (Lipinski definition) is 0. The zero-order valence-electron chi connectivity index (χ0n) is 17.7. The minimum Gasteiger partial charge on any atom is -0.493 e. The lowest BCUT2D eigenvalue weighted by molar-refractivity contribution is -0.136. The third kappa shape index (κ3) is 4.87. The first-order valence-corrected chi connectivity index (χ1v) is 9.97. The first-order valence-electron chi connectivity index (χ1n) is 9.97. The van der Waals surface area contributed by atoms with Crippen LogP contribution >= 0.6 is 0 Å². The van der Waals surface area contributed by atoms with Crippen molar-refractivity contribution in [3.63, 3.8) is 0 Å². The summed E-state index contributed by atoms with van der Waals surface area (Å²) in [7, 11) is 6.75. The summed E-state index contributed by atoms with van der Waals surface area (Å²) in [6.45, 7) is 2.00. The number of likely N-dealkylation sites (N-methyl/N-ethyl adjacent to an activating group) is 1. The Morgan fingerprint density at radius 3 is 2.45 bits per heavy atom. The van der Waals surface area contributed by atoms with Gasteiger partial charge in [0.1, 0.15) is 0 Å². The maximum atomic E-state index is 12.5. The highest BCUT2D eigenvalue weighted by Gasteiger charge is 2.31. The molecule has 0 unspecified atom stereocenters. The van der Waals surface area contributed by atoms with Crippen LogP contribution in [0.25, 0.3) is 0 Å². The van der Waals surface area contributed by atoms with Gasteiger partial charge in [0.25, 0.3) is 0 Å². The van der Waals surface area contributed by atoms with E-state index in [1.54, 1.807) is 38.2 Å². The Morgan fingerprint density at radius 1 is 1.14 bits per heavy atom. The van der Waals surface area contributed by atoms with Crippen molar-refractivity contribution in [2.24, 2.45) is 5.10 Å². The second-order valence-electron chi connectivity index (χ2n) is 7.65. The van der Waals surface area contributed by atoms with Gasteiger partial charge < -0.3 is 14.4 Å². The Labute approximate surface area is 172 Å². The number of nitrogens with zero attached hydrogens (tertiary/aromatic N) is 4. The van der Waals surface area contributed by atoms with Gasteiger partial charge in [0.05, 0.1) is 32.5 Å². The van der Waals surface area contributed by atoms with Crippen molar-refractivity contribution in [3.05, 3.63) is 23.8 Å². The average Bonchev–Trinajstić information content (AvgIpc) is 2.74. The minimum atomic E-state index is 0.0667. The van der Waals surface area contributed by atoms with E-state index >= 15 is 0 Å². The topological polar surface area (TPSA) is 74.7 Å². The molecular weight excluding hydrogens is 372 g/mol. The second-order valence-corrected chi connectivity index (χ2v) is 7.65. The van der Waals surface area contributed by atoms with Gasteiger partial charge in [-0.25, -0.2) is 5.01 Å². The van der Waals surface area contributed by atoms with Crippen LogP contribution in [0.2, 0.25) is 0 Å². The third-order valence-electron chi connectivity index (χ3n) is 5.54. The molecule has 1 aromatic rings. The Balaban J connectivity index is 1.70. The molecule has 1 fully saturated rings. The van der Waals surface area contributed by atoms with Crippen molar-refractivity contribution in [3.8, 4) is 11.5 Å². The Bertz CT molecular complexity index is 785. The number of amides is 2. The minimum absolute atomic E-state index is 0.0667. The van der Waals surface area contributed by atoms with Crippen molar-refractivity contribution in [1.82, 2.24) is 14.8 Å².